The quantitative estimate of drug-likeness (QED) is 0.150. The molecule has 242 valence electrons. The van der Waals surface area contributed by atoms with Gasteiger partial charge in [0.2, 0.25) is 11.8 Å². The first-order valence-electron chi connectivity index (χ1n) is 15.2. The number of rotatable bonds is 14. The van der Waals surface area contributed by atoms with Gasteiger partial charge in [-0.2, -0.15) is 0 Å². The summed E-state index contributed by atoms with van der Waals surface area (Å²) in [4.78, 5) is 29.7. The molecular weight excluding hydrogens is 625 g/mol. The average Bonchev–Trinajstić information content (AvgIpc) is 3.04. The number of hydrogen-bond acceptors (Lipinski definition) is 4. The van der Waals surface area contributed by atoms with Crippen LogP contribution >= 0.6 is 11.6 Å². The third-order valence-corrected chi connectivity index (χ3v) is 9.70. The van der Waals surface area contributed by atoms with Crippen LogP contribution in [-0.4, -0.2) is 44.3 Å². The van der Waals surface area contributed by atoms with Crippen molar-refractivity contribution >= 4 is 39.1 Å². The van der Waals surface area contributed by atoms with Crippen molar-refractivity contribution in [1.82, 2.24) is 10.2 Å². The molecule has 1 atom stereocenters. The topological polar surface area (TPSA) is 86.8 Å². The fourth-order valence-electron chi connectivity index (χ4n) is 5.05. The van der Waals surface area contributed by atoms with Gasteiger partial charge in [0.05, 0.1) is 10.6 Å². The van der Waals surface area contributed by atoms with Gasteiger partial charge < -0.3 is 10.2 Å². The minimum Gasteiger partial charge on any atom is -0.354 e. The zero-order valence-electron chi connectivity index (χ0n) is 26.2. The van der Waals surface area contributed by atoms with Crippen molar-refractivity contribution in [2.45, 2.75) is 57.5 Å². The van der Waals surface area contributed by atoms with Crippen molar-refractivity contribution in [3.05, 3.63) is 130 Å². The fourth-order valence-corrected chi connectivity index (χ4v) is 6.69. The van der Waals surface area contributed by atoms with Gasteiger partial charge in [-0.05, 0) is 73.4 Å². The molecule has 4 aromatic rings. The van der Waals surface area contributed by atoms with Crippen LogP contribution in [-0.2, 0) is 32.6 Å². The van der Waals surface area contributed by atoms with Crippen LogP contribution in [0.5, 0.6) is 0 Å². The second kappa shape index (κ2) is 15.9. The Balaban J connectivity index is 1.81. The molecule has 0 spiro atoms. The summed E-state index contributed by atoms with van der Waals surface area (Å²) >= 11 is 6.34. The smallest absolute Gasteiger partial charge is 0.264 e. The number of carbonyl (C=O) groups excluding carboxylic acids is 2. The average molecular weight is 664 g/mol. The van der Waals surface area contributed by atoms with Crippen molar-refractivity contribution in [3.63, 3.8) is 0 Å². The van der Waals surface area contributed by atoms with Gasteiger partial charge in [0.15, 0.2) is 0 Å². The number of unbranched alkanes of at least 4 members (excludes halogenated alkanes) is 1. The van der Waals surface area contributed by atoms with E-state index < -0.39 is 34.3 Å². The number of nitrogens with zero attached hydrogens (tertiary/aromatic N) is 2. The van der Waals surface area contributed by atoms with Crippen molar-refractivity contribution in [3.8, 4) is 0 Å². The van der Waals surface area contributed by atoms with Gasteiger partial charge >= 0.3 is 0 Å². The molecule has 0 fully saturated rings. The van der Waals surface area contributed by atoms with E-state index in [2.05, 4.69) is 5.32 Å². The molecule has 1 N–H and O–H groups in total. The summed E-state index contributed by atoms with van der Waals surface area (Å²) in [7, 11) is -4.26. The van der Waals surface area contributed by atoms with Crippen molar-refractivity contribution in [1.29, 1.82) is 0 Å². The molecule has 10 heteroatoms. The lowest BCUT2D eigenvalue weighted by molar-refractivity contribution is -0.140. The minimum absolute atomic E-state index is 0.00787. The SMILES string of the molecule is CCCCNC(=O)[C@@H](Cc1ccccc1)N(Cc1ccc(F)cc1)C(=O)CN(c1cc(Cl)ccc1C)S(=O)(=O)c1ccc(C)cc1. The van der Waals surface area contributed by atoms with Crippen LogP contribution in [0.1, 0.15) is 42.0 Å². The predicted molar refractivity (Wildman–Crippen MR) is 181 cm³/mol. The van der Waals surface area contributed by atoms with Gasteiger partial charge in [0.25, 0.3) is 10.0 Å². The first-order valence-corrected chi connectivity index (χ1v) is 17.0. The molecule has 0 aliphatic carbocycles. The molecule has 0 aliphatic rings. The molecule has 0 radical (unpaired) electrons. The first-order chi connectivity index (χ1) is 22.0. The number of anilines is 1. The number of hydrogen-bond donors (Lipinski definition) is 1. The number of amides is 2. The summed E-state index contributed by atoms with van der Waals surface area (Å²) in [5, 5.41) is 3.26. The molecule has 0 aliphatic heterocycles. The summed E-state index contributed by atoms with van der Waals surface area (Å²) in [6, 6.07) is 25.2. The van der Waals surface area contributed by atoms with Gasteiger partial charge in [0, 0.05) is 24.5 Å². The molecule has 2 amide bonds. The van der Waals surface area contributed by atoms with Gasteiger partial charge in [-0.1, -0.05) is 91.2 Å². The van der Waals surface area contributed by atoms with Gasteiger partial charge in [0.1, 0.15) is 18.4 Å². The molecule has 0 saturated carbocycles. The van der Waals surface area contributed by atoms with E-state index in [4.69, 9.17) is 11.6 Å². The first kappa shape index (κ1) is 34.7. The maximum absolute atomic E-state index is 14.5. The maximum Gasteiger partial charge on any atom is 0.264 e. The monoisotopic (exact) mass is 663 g/mol. The van der Waals surface area contributed by atoms with E-state index in [0.29, 0.717) is 22.7 Å². The highest BCUT2D eigenvalue weighted by Gasteiger charge is 2.35. The van der Waals surface area contributed by atoms with Crippen LogP contribution in [0, 0.1) is 19.7 Å². The second-order valence-corrected chi connectivity index (χ2v) is 13.6. The van der Waals surface area contributed by atoms with Crippen LogP contribution in [0.3, 0.4) is 0 Å². The van der Waals surface area contributed by atoms with E-state index in [1.54, 1.807) is 43.3 Å². The minimum atomic E-state index is -4.26. The third-order valence-electron chi connectivity index (χ3n) is 7.69. The summed E-state index contributed by atoms with van der Waals surface area (Å²) < 4.78 is 43.3. The van der Waals surface area contributed by atoms with Gasteiger partial charge in [-0.15, -0.1) is 0 Å². The summed E-state index contributed by atoms with van der Waals surface area (Å²) in [5.74, 6) is -1.41. The number of nitrogens with one attached hydrogen (secondary N) is 1. The number of halogens is 2. The molecule has 46 heavy (non-hydrogen) atoms. The van der Waals surface area contributed by atoms with Gasteiger partial charge in [-0.3, -0.25) is 13.9 Å². The molecule has 4 rings (SSSR count). The molecular formula is C36H39ClFN3O4S. The molecule has 0 heterocycles. The largest absolute Gasteiger partial charge is 0.354 e. The zero-order chi connectivity index (χ0) is 33.3. The van der Waals surface area contributed by atoms with E-state index in [1.807, 2.05) is 44.2 Å². The van der Waals surface area contributed by atoms with Crippen molar-refractivity contribution < 1.29 is 22.4 Å². The molecule has 4 aromatic carbocycles. The number of aryl methyl sites for hydroxylation is 2. The van der Waals surface area contributed by atoms with Crippen LogP contribution in [0.25, 0.3) is 0 Å². The standard InChI is InChI=1S/C36H39ClFN3O4S/c1-4-5-21-39-36(43)34(22-28-9-7-6-8-10-28)40(24-29-14-17-31(38)18-15-29)35(42)25-41(33-23-30(37)16-13-27(33)3)46(44,45)32-19-11-26(2)12-20-32/h6-20,23,34H,4-5,21-22,24-25H2,1-3H3,(H,39,43)/t34-/m1/s1. The highest BCUT2D eigenvalue weighted by Crippen LogP contribution is 2.30. The molecule has 0 unspecified atom stereocenters. The Morgan fingerprint density at radius 1 is 0.891 bits per heavy atom. The second-order valence-electron chi connectivity index (χ2n) is 11.3. The number of carbonyl (C=O) groups is 2. The predicted octanol–water partition coefficient (Wildman–Crippen LogP) is 6.85. The lowest BCUT2D eigenvalue weighted by atomic mass is 10.0. The highest BCUT2D eigenvalue weighted by atomic mass is 35.5. The summed E-state index contributed by atoms with van der Waals surface area (Å²) in [5.41, 5.74) is 3.13. The summed E-state index contributed by atoms with van der Waals surface area (Å²) in [6.45, 7) is 5.37. The van der Waals surface area contributed by atoms with Crippen LogP contribution < -0.4 is 9.62 Å². The van der Waals surface area contributed by atoms with E-state index in [0.717, 1.165) is 28.3 Å². The van der Waals surface area contributed by atoms with Crippen LogP contribution in [0.15, 0.2) is 102 Å². The van der Waals surface area contributed by atoms with Crippen molar-refractivity contribution in [2.24, 2.45) is 0 Å². The molecule has 0 aromatic heterocycles. The van der Waals surface area contributed by atoms with Crippen molar-refractivity contribution in [2.75, 3.05) is 17.4 Å². The Morgan fingerprint density at radius 2 is 1.57 bits per heavy atom. The Kier molecular flexibility index (Phi) is 12.0. The lowest BCUT2D eigenvalue weighted by Gasteiger charge is -2.34. The Hall–Kier alpha value is -4.21. The van der Waals surface area contributed by atoms with E-state index in [9.17, 15) is 22.4 Å². The van der Waals surface area contributed by atoms with E-state index in [1.165, 1.54) is 35.2 Å². The van der Waals surface area contributed by atoms with Crippen LogP contribution in [0.2, 0.25) is 5.02 Å². The van der Waals surface area contributed by atoms with E-state index >= 15 is 0 Å². The summed E-state index contributed by atoms with van der Waals surface area (Å²) in [6.07, 6.45) is 1.81. The lowest BCUT2D eigenvalue weighted by Crippen LogP contribution is -2.53. The molecule has 7 nitrogen and oxygen atoms in total. The highest BCUT2D eigenvalue weighted by molar-refractivity contribution is 7.92. The zero-order valence-corrected chi connectivity index (χ0v) is 27.8. The van der Waals surface area contributed by atoms with Gasteiger partial charge in [-0.25, -0.2) is 12.8 Å². The third kappa shape index (κ3) is 8.95. The normalized spacial score (nSPS) is 11.9. The maximum atomic E-state index is 14.5. The number of benzene rings is 4. The Labute approximate surface area is 276 Å². The molecule has 0 bridgehead atoms. The fraction of sp³-hybridized carbons (Fsp3) is 0.278. The Morgan fingerprint density at radius 3 is 2.22 bits per heavy atom. The molecule has 0 saturated heterocycles. The van der Waals surface area contributed by atoms with E-state index in [-0.39, 0.29) is 29.5 Å². The Bertz CT molecular complexity index is 1730. The number of sulfonamides is 1. The van der Waals surface area contributed by atoms with Crippen LogP contribution in [0.4, 0.5) is 10.1 Å².